The number of hydrogen-bond donors (Lipinski definition) is 6. The summed E-state index contributed by atoms with van der Waals surface area (Å²) in [6.45, 7) is 3.86. The van der Waals surface area contributed by atoms with Crippen molar-refractivity contribution in [2.45, 2.75) is 185 Å². The summed E-state index contributed by atoms with van der Waals surface area (Å²) in [5, 5.41) is 50.2. The molecule has 0 saturated heterocycles. The normalized spacial score (nSPS) is 22.7. The Morgan fingerprint density at radius 3 is 1.33 bits per heavy atom. The van der Waals surface area contributed by atoms with E-state index in [-0.39, 0.29) is 13.0 Å². The second-order valence-electron chi connectivity index (χ2n) is 15.8. The number of aliphatic hydroxyl groups is 5. The predicted octanol–water partition coefficient (Wildman–Crippen LogP) is 10.1. The molecule has 1 aliphatic rings. The number of allylic oxidation sites excluding steroid dienone is 18. The molecule has 0 spiro atoms. The topological polar surface area (TPSA) is 192 Å². The average molecular weight is 919 g/mol. The number of carbonyl (C=O) groups is 1. The van der Waals surface area contributed by atoms with Crippen molar-refractivity contribution in [2.75, 3.05) is 19.8 Å². The molecule has 0 bridgehead atoms. The van der Waals surface area contributed by atoms with Crippen molar-refractivity contribution in [3.63, 3.8) is 0 Å². The van der Waals surface area contributed by atoms with E-state index in [1.54, 1.807) is 0 Å². The number of rotatable bonds is 38. The smallest absolute Gasteiger partial charge is 0.457 e. The van der Waals surface area contributed by atoms with Gasteiger partial charge in [0.25, 0.3) is 0 Å². The van der Waals surface area contributed by atoms with E-state index in [1.165, 1.54) is 0 Å². The summed E-state index contributed by atoms with van der Waals surface area (Å²) in [6, 6.07) is 0. The maximum atomic E-state index is 12.8. The zero-order chi connectivity index (χ0) is 46.9. The Bertz CT molecular complexity index is 1470. The van der Waals surface area contributed by atoms with Crippen LogP contribution in [0.2, 0.25) is 0 Å². The van der Waals surface area contributed by atoms with Gasteiger partial charge >= 0.3 is 13.8 Å². The van der Waals surface area contributed by atoms with E-state index in [0.717, 1.165) is 109 Å². The minimum Gasteiger partial charge on any atom is -0.457 e. The van der Waals surface area contributed by atoms with Crippen LogP contribution in [0, 0.1) is 0 Å². The third-order valence-electron chi connectivity index (χ3n) is 10.1. The Hall–Kier alpha value is -3.00. The summed E-state index contributed by atoms with van der Waals surface area (Å²) >= 11 is 0. The average Bonchev–Trinajstić information content (AvgIpc) is 3.28. The molecule has 1 fully saturated rings. The molecule has 1 aliphatic carbocycles. The van der Waals surface area contributed by atoms with E-state index in [0.29, 0.717) is 19.4 Å². The first-order chi connectivity index (χ1) is 31.0. The van der Waals surface area contributed by atoms with Gasteiger partial charge in [-0.2, -0.15) is 0 Å². The molecule has 0 aliphatic heterocycles. The van der Waals surface area contributed by atoms with Crippen LogP contribution in [-0.4, -0.2) is 98.9 Å². The number of unbranched alkanes of at least 4 members (excludes halogenated alkanes) is 8. The molecule has 0 aromatic rings. The molecule has 6 N–H and O–H groups in total. The van der Waals surface area contributed by atoms with Crippen molar-refractivity contribution in [1.29, 1.82) is 0 Å². The highest BCUT2D eigenvalue weighted by Crippen LogP contribution is 2.47. The van der Waals surface area contributed by atoms with Crippen molar-refractivity contribution in [2.24, 2.45) is 0 Å². The molecule has 1 saturated carbocycles. The largest absolute Gasteiger partial charge is 0.472 e. The van der Waals surface area contributed by atoms with Crippen LogP contribution < -0.4 is 0 Å². The lowest BCUT2D eigenvalue weighted by Crippen LogP contribution is -2.64. The van der Waals surface area contributed by atoms with Crippen LogP contribution in [0.5, 0.6) is 0 Å². The summed E-state index contributed by atoms with van der Waals surface area (Å²) in [4.78, 5) is 23.2. The highest BCUT2D eigenvalue weighted by molar-refractivity contribution is 7.47. The third kappa shape index (κ3) is 31.8. The first-order valence-corrected chi connectivity index (χ1v) is 25.2. The van der Waals surface area contributed by atoms with Gasteiger partial charge in [-0.25, -0.2) is 4.57 Å². The fraction of sp³-hybridized carbons (Fsp3) is 0.627. The van der Waals surface area contributed by atoms with Gasteiger partial charge in [0, 0.05) is 13.0 Å². The summed E-state index contributed by atoms with van der Waals surface area (Å²) in [5.41, 5.74) is 0. The van der Waals surface area contributed by atoms with Crippen LogP contribution in [0.25, 0.3) is 0 Å². The Kier molecular flexibility index (Phi) is 37.2. The van der Waals surface area contributed by atoms with Crippen LogP contribution in [0.1, 0.15) is 142 Å². The number of esters is 1. The number of carbonyl (C=O) groups excluding carboxylic acids is 1. The lowest BCUT2D eigenvalue weighted by Gasteiger charge is -2.41. The molecule has 0 heterocycles. The van der Waals surface area contributed by atoms with Gasteiger partial charge in [0.2, 0.25) is 0 Å². The van der Waals surface area contributed by atoms with Crippen LogP contribution in [-0.2, 0) is 27.9 Å². The van der Waals surface area contributed by atoms with Gasteiger partial charge in [0.15, 0.2) is 0 Å². The lowest BCUT2D eigenvalue weighted by molar-refractivity contribution is -0.220. The highest BCUT2D eigenvalue weighted by Gasteiger charge is 2.51. The Morgan fingerprint density at radius 2 is 0.875 bits per heavy atom. The van der Waals surface area contributed by atoms with E-state index >= 15 is 0 Å². The summed E-state index contributed by atoms with van der Waals surface area (Å²) < 4.78 is 34.1. The molecule has 0 radical (unpaired) electrons. The molecular weight excluding hydrogens is 836 g/mol. The third-order valence-corrected chi connectivity index (χ3v) is 11.1. The van der Waals surface area contributed by atoms with Gasteiger partial charge in [-0.1, -0.05) is 155 Å². The summed E-state index contributed by atoms with van der Waals surface area (Å²) in [7, 11) is -5.05. The van der Waals surface area contributed by atoms with Crippen molar-refractivity contribution in [3.05, 3.63) is 109 Å². The zero-order valence-electron chi connectivity index (χ0n) is 38.8. The van der Waals surface area contributed by atoms with Crippen LogP contribution in [0.3, 0.4) is 0 Å². The first-order valence-electron chi connectivity index (χ1n) is 23.7. The van der Waals surface area contributed by atoms with Crippen molar-refractivity contribution < 1.29 is 58.3 Å². The maximum Gasteiger partial charge on any atom is 0.472 e. The molecule has 64 heavy (non-hydrogen) atoms. The fourth-order valence-corrected chi connectivity index (χ4v) is 7.42. The van der Waals surface area contributed by atoms with E-state index in [4.69, 9.17) is 18.5 Å². The number of phosphoric ester groups is 1. The van der Waals surface area contributed by atoms with Gasteiger partial charge in [0.1, 0.15) is 42.7 Å². The minimum absolute atomic E-state index is 0.129. The van der Waals surface area contributed by atoms with E-state index in [1.807, 2.05) is 0 Å². The number of ether oxygens (including phenoxy) is 2. The standard InChI is InChI=1S/C51H83O12P/c1-3-5-7-9-11-13-15-17-19-21-22-23-25-27-29-31-33-35-37-39-41-60-42-44(43-61-64(58,59)63-51-49(56)47(54)46(53)48(55)50(51)57)62-45(52)40-38-36-34-32-30-28-26-24-20-18-16-14-12-10-8-6-4-2/h5-8,11-14,17-20,22-23,27,29,33,35,44,46-51,53-57H,3-4,9-10,15-16,21,24-26,28,30-32,34,36-43H2,1-2H3,(H,58,59)/b7-5-,8-6-,13-11-,14-12-,19-17-,20-18-,23-22-,29-27-,35-33-. The number of hydrogen-bond acceptors (Lipinski definition) is 11. The van der Waals surface area contributed by atoms with E-state index in [2.05, 4.69) is 123 Å². The van der Waals surface area contributed by atoms with Gasteiger partial charge in [0.05, 0.1) is 13.2 Å². The first kappa shape index (κ1) is 59.0. The van der Waals surface area contributed by atoms with Gasteiger partial charge in [-0.15, -0.1) is 0 Å². The van der Waals surface area contributed by atoms with Gasteiger partial charge < -0.3 is 39.9 Å². The molecule has 6 unspecified atom stereocenters. The van der Waals surface area contributed by atoms with Gasteiger partial charge in [-0.05, 0) is 89.9 Å². The molecule has 0 amide bonds. The zero-order valence-corrected chi connectivity index (χ0v) is 39.7. The SMILES string of the molecule is CC/C=C\C/C=C\C/C=C\C/C=C\C/C=C\C/C=C\CCCOCC(COP(=O)(O)OC1C(O)C(O)C(O)C(O)C1O)OC(=O)CCCCCCCCC/C=C\C/C=C\C/C=C\CC. The fourth-order valence-electron chi connectivity index (χ4n) is 6.44. The molecule has 364 valence electrons. The van der Waals surface area contributed by atoms with Gasteiger partial charge in [-0.3, -0.25) is 13.8 Å². The number of phosphoric acid groups is 1. The Morgan fingerprint density at radius 1 is 0.500 bits per heavy atom. The second-order valence-corrected chi connectivity index (χ2v) is 17.2. The molecule has 0 aromatic heterocycles. The monoisotopic (exact) mass is 919 g/mol. The van der Waals surface area contributed by atoms with Crippen LogP contribution in [0.4, 0.5) is 0 Å². The van der Waals surface area contributed by atoms with Crippen LogP contribution >= 0.6 is 7.82 Å². The maximum absolute atomic E-state index is 12.8. The highest BCUT2D eigenvalue weighted by atomic mass is 31.2. The second kappa shape index (κ2) is 40.3. The van der Waals surface area contributed by atoms with E-state index in [9.17, 15) is 39.8 Å². The van der Waals surface area contributed by atoms with Crippen molar-refractivity contribution in [3.8, 4) is 0 Å². The lowest BCUT2D eigenvalue weighted by atomic mass is 9.85. The predicted molar refractivity (Wildman–Crippen MR) is 257 cm³/mol. The molecule has 6 atom stereocenters. The number of aliphatic hydroxyl groups excluding tert-OH is 5. The summed E-state index contributed by atoms with van der Waals surface area (Å²) in [6.07, 6.45) is 44.5. The quantitative estimate of drug-likeness (QED) is 0.0149. The summed E-state index contributed by atoms with van der Waals surface area (Å²) in [5.74, 6) is -0.513. The van der Waals surface area contributed by atoms with Crippen LogP contribution in [0.15, 0.2) is 109 Å². The van der Waals surface area contributed by atoms with E-state index < -0.39 is 63.1 Å². The molecule has 12 nitrogen and oxygen atoms in total. The van der Waals surface area contributed by atoms with Crippen molar-refractivity contribution >= 4 is 13.8 Å². The van der Waals surface area contributed by atoms with Crippen molar-refractivity contribution in [1.82, 2.24) is 0 Å². The molecular formula is C51H83O12P. The molecule has 1 rings (SSSR count). The molecule has 0 aromatic carbocycles. The Balaban J connectivity index is 2.45. The molecule has 13 heteroatoms. The minimum atomic E-state index is -5.05. The Labute approximate surface area is 385 Å².